The number of hydrogen-bond acceptors (Lipinski definition) is 3. The molecule has 0 unspecified atom stereocenters. The van der Waals surface area contributed by atoms with E-state index in [0.717, 1.165) is 22.7 Å². The molecule has 0 radical (unpaired) electrons. The Labute approximate surface area is 127 Å². The number of carbonyl (C=O) groups excluding carboxylic acids is 1. The molecule has 0 spiro atoms. The van der Waals surface area contributed by atoms with Crippen LogP contribution in [0.5, 0.6) is 0 Å². The van der Waals surface area contributed by atoms with E-state index >= 15 is 0 Å². The van der Waals surface area contributed by atoms with Crippen molar-refractivity contribution in [3.05, 3.63) is 35.9 Å². The number of hydrogen-bond donors (Lipinski definition) is 1. The van der Waals surface area contributed by atoms with Gasteiger partial charge < -0.3 is 5.11 Å². The minimum absolute atomic E-state index is 0.0244. The van der Waals surface area contributed by atoms with E-state index in [1.54, 1.807) is 0 Å². The molecule has 2 amide bonds. The average Bonchev–Trinajstić information content (AvgIpc) is 2.76. The molecular formula is C13H9F3N2O3S. The largest absolute Gasteiger partial charge is 0.463 e. The molecule has 1 aromatic rings. The van der Waals surface area contributed by atoms with Gasteiger partial charge in [-0.25, -0.2) is 4.79 Å². The van der Waals surface area contributed by atoms with Gasteiger partial charge in [0.05, 0.1) is 11.4 Å². The fourth-order valence-electron chi connectivity index (χ4n) is 1.78. The van der Waals surface area contributed by atoms with Gasteiger partial charge in [0.25, 0.3) is 0 Å². The maximum Gasteiger partial charge on any atom is 0.433 e. The third kappa shape index (κ3) is 3.88. The molecule has 0 saturated carbocycles. The van der Waals surface area contributed by atoms with Gasteiger partial charge in [0, 0.05) is 6.08 Å². The first-order valence-corrected chi connectivity index (χ1v) is 6.89. The summed E-state index contributed by atoms with van der Waals surface area (Å²) >= 11 is 0.913. The number of amides is 2. The van der Waals surface area contributed by atoms with Crippen LogP contribution in [0, 0.1) is 0 Å². The van der Waals surface area contributed by atoms with Crippen LogP contribution in [0.1, 0.15) is 5.56 Å². The second-order valence-electron chi connectivity index (χ2n) is 4.13. The van der Waals surface area contributed by atoms with Crippen LogP contribution in [0.2, 0.25) is 0 Å². The minimum Gasteiger partial charge on any atom is -0.463 e. The fourth-order valence-corrected chi connectivity index (χ4v) is 2.63. The van der Waals surface area contributed by atoms with Crippen LogP contribution < -0.4 is 4.90 Å². The van der Waals surface area contributed by atoms with Crippen molar-refractivity contribution in [2.24, 2.45) is 4.99 Å². The standard InChI is InChI=1S/C13H9F3N2O3S/c14-13(15,16)6-5-8-3-1-2-4-9(8)18-10(19)7-22-11(18)17-12(20)21/h1-6H,7H2,(H,20,21)/b6-5+,17-11-. The lowest BCUT2D eigenvalue weighted by Crippen LogP contribution is -2.30. The van der Waals surface area contributed by atoms with E-state index in [2.05, 4.69) is 4.99 Å². The first-order valence-electron chi connectivity index (χ1n) is 5.90. The van der Waals surface area contributed by atoms with Crippen LogP contribution in [0.15, 0.2) is 35.3 Å². The first kappa shape index (κ1) is 16.1. The van der Waals surface area contributed by atoms with Crippen molar-refractivity contribution in [2.75, 3.05) is 10.7 Å². The molecule has 1 fully saturated rings. The summed E-state index contributed by atoms with van der Waals surface area (Å²) in [4.78, 5) is 26.9. The normalized spacial score (nSPS) is 17.7. The van der Waals surface area contributed by atoms with Gasteiger partial charge in [-0.1, -0.05) is 30.0 Å². The second-order valence-corrected chi connectivity index (χ2v) is 5.07. The molecular weight excluding hydrogens is 321 g/mol. The molecule has 5 nitrogen and oxygen atoms in total. The number of anilines is 1. The number of carbonyl (C=O) groups is 2. The first-order chi connectivity index (χ1) is 10.3. The molecule has 0 aromatic heterocycles. The maximum atomic E-state index is 12.3. The van der Waals surface area contributed by atoms with E-state index in [1.165, 1.54) is 24.3 Å². The zero-order valence-electron chi connectivity index (χ0n) is 10.9. The predicted octanol–water partition coefficient (Wildman–Crippen LogP) is 3.38. The van der Waals surface area contributed by atoms with Gasteiger partial charge >= 0.3 is 12.3 Å². The third-order valence-corrected chi connectivity index (χ3v) is 3.51. The van der Waals surface area contributed by atoms with E-state index in [4.69, 9.17) is 5.11 Å². The van der Waals surface area contributed by atoms with E-state index in [0.29, 0.717) is 0 Å². The van der Waals surface area contributed by atoms with Gasteiger partial charge in [0.15, 0.2) is 5.17 Å². The molecule has 1 heterocycles. The Morgan fingerprint density at radius 1 is 1.36 bits per heavy atom. The number of aliphatic imine (C=N–C) groups is 1. The number of benzene rings is 1. The Bertz CT molecular complexity index is 671. The topological polar surface area (TPSA) is 70.0 Å². The third-order valence-electron chi connectivity index (χ3n) is 2.59. The van der Waals surface area contributed by atoms with Crippen LogP contribution in [0.4, 0.5) is 23.7 Å². The number of carboxylic acid groups (broad SMARTS) is 1. The summed E-state index contributed by atoms with van der Waals surface area (Å²) in [6.07, 6.45) is -5.10. The highest BCUT2D eigenvalue weighted by molar-refractivity contribution is 8.15. The van der Waals surface area contributed by atoms with Crippen LogP contribution in [-0.2, 0) is 4.79 Å². The van der Waals surface area contributed by atoms with Gasteiger partial charge in [-0.2, -0.15) is 18.2 Å². The Morgan fingerprint density at radius 3 is 2.68 bits per heavy atom. The van der Waals surface area contributed by atoms with Gasteiger partial charge in [0.2, 0.25) is 5.91 Å². The summed E-state index contributed by atoms with van der Waals surface area (Å²) in [5, 5.41) is 8.62. The van der Waals surface area contributed by atoms with Crippen molar-refractivity contribution in [1.82, 2.24) is 0 Å². The van der Waals surface area contributed by atoms with Crippen LogP contribution in [-0.4, -0.2) is 34.2 Å². The SMILES string of the molecule is O=C(O)/N=C1\SCC(=O)N1c1ccccc1/C=C/C(F)(F)F. The molecule has 2 rings (SSSR count). The zero-order valence-corrected chi connectivity index (χ0v) is 11.7. The number of alkyl halides is 3. The monoisotopic (exact) mass is 330 g/mol. The molecule has 1 aliphatic heterocycles. The number of allylic oxidation sites excluding steroid dienone is 1. The number of nitrogens with zero attached hydrogens (tertiary/aromatic N) is 2. The lowest BCUT2D eigenvalue weighted by Gasteiger charge is -2.18. The van der Waals surface area contributed by atoms with Gasteiger partial charge in [-0.3, -0.25) is 9.69 Å². The number of halogens is 3. The van der Waals surface area contributed by atoms with E-state index in [1.807, 2.05) is 0 Å². The maximum absolute atomic E-state index is 12.3. The van der Waals surface area contributed by atoms with Crippen molar-refractivity contribution in [2.45, 2.75) is 6.18 Å². The van der Waals surface area contributed by atoms with E-state index in [-0.39, 0.29) is 28.2 Å². The molecule has 0 bridgehead atoms. The molecule has 1 N–H and O–H groups in total. The summed E-state index contributed by atoms with van der Waals surface area (Å²) in [7, 11) is 0. The van der Waals surface area contributed by atoms with Crippen molar-refractivity contribution in [3.63, 3.8) is 0 Å². The molecule has 0 aliphatic carbocycles. The van der Waals surface area contributed by atoms with Crippen molar-refractivity contribution in [3.8, 4) is 0 Å². The summed E-state index contributed by atoms with van der Waals surface area (Å²) in [5.74, 6) is -0.471. The molecule has 1 aliphatic rings. The molecule has 1 aromatic carbocycles. The predicted molar refractivity (Wildman–Crippen MR) is 76.9 cm³/mol. The number of rotatable bonds is 2. The highest BCUT2D eigenvalue weighted by Gasteiger charge is 2.31. The highest BCUT2D eigenvalue weighted by atomic mass is 32.2. The molecule has 9 heteroatoms. The number of thioether (sulfide) groups is 1. The van der Waals surface area contributed by atoms with Crippen molar-refractivity contribution < 1.29 is 27.9 Å². The summed E-state index contributed by atoms with van der Waals surface area (Å²) < 4.78 is 36.9. The summed E-state index contributed by atoms with van der Waals surface area (Å²) in [5.41, 5.74) is 0.284. The average molecular weight is 330 g/mol. The van der Waals surface area contributed by atoms with Gasteiger partial charge in [-0.05, 0) is 17.7 Å². The van der Waals surface area contributed by atoms with Crippen molar-refractivity contribution >= 4 is 40.7 Å². The van der Waals surface area contributed by atoms with Crippen LogP contribution in [0.3, 0.4) is 0 Å². The van der Waals surface area contributed by atoms with Crippen molar-refractivity contribution in [1.29, 1.82) is 0 Å². The lowest BCUT2D eigenvalue weighted by atomic mass is 10.1. The van der Waals surface area contributed by atoms with E-state index < -0.39 is 18.2 Å². The van der Waals surface area contributed by atoms with Crippen LogP contribution in [0.25, 0.3) is 6.08 Å². The van der Waals surface area contributed by atoms with Crippen LogP contribution >= 0.6 is 11.8 Å². The smallest absolute Gasteiger partial charge is 0.433 e. The second kappa shape index (κ2) is 6.22. The van der Waals surface area contributed by atoms with Gasteiger partial charge in [0.1, 0.15) is 0 Å². The Balaban J connectivity index is 2.45. The highest BCUT2D eigenvalue weighted by Crippen LogP contribution is 2.31. The summed E-state index contributed by atoms with van der Waals surface area (Å²) in [6.45, 7) is 0. The van der Waals surface area contributed by atoms with Gasteiger partial charge in [-0.15, -0.1) is 0 Å². The lowest BCUT2D eigenvalue weighted by molar-refractivity contribution is -0.115. The quantitative estimate of drug-likeness (QED) is 0.902. The molecule has 0 atom stereocenters. The Kier molecular flexibility index (Phi) is 4.55. The Morgan fingerprint density at radius 2 is 2.05 bits per heavy atom. The summed E-state index contributed by atoms with van der Waals surface area (Å²) in [6, 6.07) is 5.87. The fraction of sp³-hybridized carbons (Fsp3) is 0.154. The molecule has 1 saturated heterocycles. The van der Waals surface area contributed by atoms with E-state index in [9.17, 15) is 22.8 Å². The number of para-hydroxylation sites is 1. The minimum atomic E-state index is -4.49. The number of amidine groups is 1. The molecule has 22 heavy (non-hydrogen) atoms. The molecule has 116 valence electrons. The Hall–Kier alpha value is -2.29. The zero-order chi connectivity index (χ0) is 16.3.